The van der Waals surface area contributed by atoms with Crippen LogP contribution in [-0.4, -0.2) is 5.91 Å². The summed E-state index contributed by atoms with van der Waals surface area (Å²) in [4.78, 5) is 12.3. The molecule has 0 saturated carbocycles. The Balaban J connectivity index is 1.67. The van der Waals surface area contributed by atoms with Crippen molar-refractivity contribution in [1.29, 1.82) is 5.26 Å². The van der Waals surface area contributed by atoms with Crippen molar-refractivity contribution >= 4 is 17.3 Å². The third-order valence-electron chi connectivity index (χ3n) is 4.06. The molecule has 0 aromatic heterocycles. The highest BCUT2D eigenvalue weighted by atomic mass is 19.4. The minimum Gasteiger partial charge on any atom is -0.457 e. The Morgan fingerprint density at radius 3 is 2.16 bits per heavy atom. The Hall–Kier alpha value is -4.25. The highest BCUT2D eigenvalue weighted by Gasteiger charge is 2.33. The van der Waals surface area contributed by atoms with E-state index in [0.717, 1.165) is 18.3 Å². The largest absolute Gasteiger partial charge is 0.457 e. The van der Waals surface area contributed by atoms with Crippen molar-refractivity contribution < 1.29 is 22.7 Å². The Morgan fingerprint density at radius 1 is 0.903 bits per heavy atom. The lowest BCUT2D eigenvalue weighted by molar-refractivity contribution is -0.137. The number of halogens is 3. The monoisotopic (exact) mass is 423 g/mol. The number of nitriles is 1. The predicted molar refractivity (Wildman–Crippen MR) is 110 cm³/mol. The summed E-state index contributed by atoms with van der Waals surface area (Å²) in [7, 11) is 0. The van der Waals surface area contributed by atoms with Crippen molar-refractivity contribution in [2.45, 2.75) is 6.18 Å². The second kappa shape index (κ2) is 9.50. The van der Waals surface area contributed by atoms with Gasteiger partial charge >= 0.3 is 6.18 Å². The first kappa shape index (κ1) is 21.5. The smallest absolute Gasteiger partial charge is 0.418 e. The van der Waals surface area contributed by atoms with Crippen LogP contribution >= 0.6 is 0 Å². The number of rotatable bonds is 6. The molecular weight excluding hydrogens is 407 g/mol. The molecule has 0 atom stereocenters. The van der Waals surface area contributed by atoms with Crippen LogP contribution < -0.4 is 15.4 Å². The molecule has 0 unspecified atom stereocenters. The van der Waals surface area contributed by atoms with Gasteiger partial charge in [-0.3, -0.25) is 4.79 Å². The molecule has 0 heterocycles. The van der Waals surface area contributed by atoms with E-state index >= 15 is 0 Å². The lowest BCUT2D eigenvalue weighted by Crippen LogP contribution is -2.18. The Kier molecular flexibility index (Phi) is 6.58. The molecule has 0 spiro atoms. The molecule has 31 heavy (non-hydrogen) atoms. The minimum absolute atomic E-state index is 0.387. The van der Waals surface area contributed by atoms with Gasteiger partial charge in [-0.25, -0.2) is 0 Å². The van der Waals surface area contributed by atoms with Crippen LogP contribution in [0, 0.1) is 11.3 Å². The summed E-state index contributed by atoms with van der Waals surface area (Å²) in [6, 6.07) is 22.1. The Bertz CT molecular complexity index is 1120. The number of ether oxygens (including phenoxy) is 1. The average Bonchev–Trinajstić information content (AvgIpc) is 2.76. The van der Waals surface area contributed by atoms with Crippen molar-refractivity contribution in [3.8, 4) is 17.6 Å². The van der Waals surface area contributed by atoms with Crippen LogP contribution in [0.15, 0.2) is 90.6 Å². The van der Waals surface area contributed by atoms with Gasteiger partial charge in [0.1, 0.15) is 23.1 Å². The van der Waals surface area contributed by atoms with Crippen molar-refractivity contribution in [1.82, 2.24) is 0 Å². The molecule has 0 saturated heterocycles. The number of nitrogens with one attached hydrogen (secondary N) is 2. The number of amides is 1. The van der Waals surface area contributed by atoms with Gasteiger partial charge in [0.25, 0.3) is 5.91 Å². The second-order valence-electron chi connectivity index (χ2n) is 6.25. The van der Waals surface area contributed by atoms with E-state index in [1.54, 1.807) is 30.3 Å². The van der Waals surface area contributed by atoms with Crippen LogP contribution in [0.3, 0.4) is 0 Å². The van der Waals surface area contributed by atoms with Crippen molar-refractivity contribution in [3.05, 3.63) is 96.2 Å². The number of para-hydroxylation sites is 2. The van der Waals surface area contributed by atoms with Gasteiger partial charge in [-0.2, -0.15) is 18.4 Å². The van der Waals surface area contributed by atoms with Crippen LogP contribution in [0.2, 0.25) is 0 Å². The third kappa shape index (κ3) is 5.87. The minimum atomic E-state index is -4.64. The van der Waals surface area contributed by atoms with Crippen LogP contribution in [-0.2, 0) is 11.0 Å². The number of hydrogen-bond donors (Lipinski definition) is 2. The molecule has 5 nitrogen and oxygen atoms in total. The molecule has 2 N–H and O–H groups in total. The number of anilines is 2. The summed E-state index contributed by atoms with van der Waals surface area (Å²) in [5, 5.41) is 14.1. The van der Waals surface area contributed by atoms with E-state index in [0.29, 0.717) is 17.2 Å². The topological polar surface area (TPSA) is 74.1 Å². The standard InChI is InChI=1S/C23H16F3N3O2/c24-23(25,26)20-8-4-5-9-21(20)29-22(30)16(14-27)15-28-17-10-12-19(13-11-17)31-18-6-2-1-3-7-18/h1-13,15,28H,(H,29,30)/b16-15-. The van der Waals surface area contributed by atoms with Gasteiger partial charge in [0, 0.05) is 11.9 Å². The number of alkyl halides is 3. The first-order valence-corrected chi connectivity index (χ1v) is 9.04. The van der Waals surface area contributed by atoms with Gasteiger partial charge in [-0.1, -0.05) is 30.3 Å². The molecule has 0 aliphatic carbocycles. The van der Waals surface area contributed by atoms with E-state index in [1.165, 1.54) is 12.1 Å². The summed E-state index contributed by atoms with van der Waals surface area (Å²) in [5.41, 5.74) is -1.26. The van der Waals surface area contributed by atoms with E-state index in [9.17, 15) is 23.2 Å². The quantitative estimate of drug-likeness (QED) is 0.379. The van der Waals surface area contributed by atoms with Crippen LogP contribution in [0.25, 0.3) is 0 Å². The Morgan fingerprint density at radius 2 is 1.52 bits per heavy atom. The number of hydrogen-bond acceptors (Lipinski definition) is 4. The van der Waals surface area contributed by atoms with Crippen LogP contribution in [0.5, 0.6) is 11.5 Å². The van der Waals surface area contributed by atoms with Crippen molar-refractivity contribution in [3.63, 3.8) is 0 Å². The van der Waals surface area contributed by atoms with E-state index in [-0.39, 0.29) is 5.57 Å². The molecule has 0 aliphatic heterocycles. The predicted octanol–water partition coefficient (Wildman–Crippen LogP) is 5.96. The molecule has 0 aliphatic rings. The van der Waals surface area contributed by atoms with Gasteiger partial charge in [-0.15, -0.1) is 0 Å². The zero-order valence-electron chi connectivity index (χ0n) is 16.0. The SMILES string of the molecule is N#C/C(=C/Nc1ccc(Oc2ccccc2)cc1)C(=O)Nc1ccccc1C(F)(F)F. The van der Waals surface area contributed by atoms with Gasteiger partial charge in [0.05, 0.1) is 11.3 Å². The van der Waals surface area contributed by atoms with E-state index in [2.05, 4.69) is 10.6 Å². The molecule has 3 aromatic rings. The maximum absolute atomic E-state index is 13.1. The number of nitrogens with zero attached hydrogens (tertiary/aromatic N) is 1. The summed E-state index contributed by atoms with van der Waals surface area (Å²) >= 11 is 0. The number of carbonyl (C=O) groups is 1. The van der Waals surface area contributed by atoms with Gasteiger partial charge in [-0.05, 0) is 48.5 Å². The lowest BCUT2D eigenvalue weighted by atomic mass is 10.1. The molecule has 0 bridgehead atoms. The lowest BCUT2D eigenvalue weighted by Gasteiger charge is -2.13. The molecule has 3 aromatic carbocycles. The molecule has 0 fully saturated rings. The van der Waals surface area contributed by atoms with Crippen molar-refractivity contribution in [2.24, 2.45) is 0 Å². The fourth-order valence-corrected chi connectivity index (χ4v) is 2.58. The van der Waals surface area contributed by atoms with Crippen molar-refractivity contribution in [2.75, 3.05) is 10.6 Å². The summed E-state index contributed by atoms with van der Waals surface area (Å²) in [6.45, 7) is 0. The molecule has 3 rings (SSSR count). The average molecular weight is 423 g/mol. The zero-order chi connectivity index (χ0) is 22.3. The molecular formula is C23H16F3N3O2. The molecule has 1 amide bonds. The highest BCUT2D eigenvalue weighted by Crippen LogP contribution is 2.34. The normalized spacial score (nSPS) is 11.4. The van der Waals surface area contributed by atoms with Gasteiger partial charge in [0.15, 0.2) is 0 Å². The zero-order valence-corrected chi connectivity index (χ0v) is 16.0. The maximum Gasteiger partial charge on any atom is 0.418 e. The van der Waals surface area contributed by atoms with Gasteiger partial charge < -0.3 is 15.4 Å². The third-order valence-corrected chi connectivity index (χ3v) is 4.06. The number of benzene rings is 3. The summed E-state index contributed by atoms with van der Waals surface area (Å²) in [5.74, 6) is 0.296. The summed E-state index contributed by atoms with van der Waals surface area (Å²) in [6.07, 6.45) is -3.51. The van der Waals surface area contributed by atoms with Gasteiger partial charge in [0.2, 0.25) is 0 Å². The fourth-order valence-electron chi connectivity index (χ4n) is 2.58. The number of carbonyl (C=O) groups excluding carboxylic acids is 1. The first-order valence-electron chi connectivity index (χ1n) is 9.04. The van der Waals surface area contributed by atoms with E-state index in [1.807, 2.05) is 30.3 Å². The molecule has 8 heteroatoms. The van der Waals surface area contributed by atoms with Crippen LogP contribution in [0.4, 0.5) is 24.5 Å². The first-order chi connectivity index (χ1) is 14.9. The fraction of sp³-hybridized carbons (Fsp3) is 0.0435. The maximum atomic E-state index is 13.1. The Labute approximate surface area is 176 Å². The second-order valence-corrected chi connectivity index (χ2v) is 6.25. The molecule has 156 valence electrons. The highest BCUT2D eigenvalue weighted by molar-refractivity contribution is 6.07. The van der Waals surface area contributed by atoms with E-state index in [4.69, 9.17) is 4.74 Å². The summed E-state index contributed by atoms with van der Waals surface area (Å²) < 4.78 is 44.9. The van der Waals surface area contributed by atoms with Crippen LogP contribution in [0.1, 0.15) is 5.56 Å². The molecule has 0 radical (unpaired) electrons. The van der Waals surface area contributed by atoms with E-state index < -0.39 is 23.3 Å².